The number of nitrogens with one attached hydrogen (secondary N) is 1. The maximum absolute atomic E-state index is 11.7. The lowest BCUT2D eigenvalue weighted by Gasteiger charge is -2.22. The Labute approximate surface area is 120 Å². The SMILES string of the molecule is Cc1cccc(N2CC[C@@H](NC(=O)OC(C)(C)C)C2)n1. The molecule has 0 bridgehead atoms. The van der Waals surface area contributed by atoms with Crippen molar-refractivity contribution in [2.75, 3.05) is 18.0 Å². The van der Waals surface area contributed by atoms with Crippen LogP contribution in [0.15, 0.2) is 18.2 Å². The van der Waals surface area contributed by atoms with E-state index in [1.54, 1.807) is 0 Å². The third kappa shape index (κ3) is 4.11. The Balaban J connectivity index is 1.88. The lowest BCUT2D eigenvalue weighted by molar-refractivity contribution is 0.0509. The molecule has 1 saturated heterocycles. The van der Waals surface area contributed by atoms with E-state index >= 15 is 0 Å². The second-order valence-electron chi connectivity index (χ2n) is 6.22. The number of amides is 1. The molecule has 1 N–H and O–H groups in total. The van der Waals surface area contributed by atoms with Gasteiger partial charge in [-0.25, -0.2) is 9.78 Å². The predicted octanol–water partition coefficient (Wildman–Crippen LogP) is 2.49. The van der Waals surface area contributed by atoms with Crippen LogP contribution in [0.1, 0.15) is 32.9 Å². The van der Waals surface area contributed by atoms with E-state index in [4.69, 9.17) is 4.74 Å². The Bertz CT molecular complexity index is 482. The van der Waals surface area contributed by atoms with Gasteiger partial charge in [-0.15, -0.1) is 0 Å². The minimum absolute atomic E-state index is 0.118. The van der Waals surface area contributed by atoms with Crippen molar-refractivity contribution in [3.63, 3.8) is 0 Å². The van der Waals surface area contributed by atoms with Crippen LogP contribution in [0.5, 0.6) is 0 Å². The molecule has 1 atom stereocenters. The molecule has 1 aromatic heterocycles. The van der Waals surface area contributed by atoms with Crippen LogP contribution in [-0.4, -0.2) is 35.8 Å². The Morgan fingerprint density at radius 2 is 2.20 bits per heavy atom. The molecule has 0 aromatic carbocycles. The molecule has 1 amide bonds. The number of nitrogens with zero attached hydrogens (tertiary/aromatic N) is 2. The predicted molar refractivity (Wildman–Crippen MR) is 79.0 cm³/mol. The quantitative estimate of drug-likeness (QED) is 0.902. The number of pyridine rings is 1. The molecular weight excluding hydrogens is 254 g/mol. The number of aryl methyl sites for hydroxylation is 1. The Hall–Kier alpha value is -1.78. The molecule has 0 spiro atoms. The summed E-state index contributed by atoms with van der Waals surface area (Å²) in [4.78, 5) is 18.4. The summed E-state index contributed by atoms with van der Waals surface area (Å²) in [6.07, 6.45) is 0.566. The van der Waals surface area contributed by atoms with E-state index in [-0.39, 0.29) is 12.1 Å². The number of carbonyl (C=O) groups is 1. The molecular formula is C15H23N3O2. The summed E-state index contributed by atoms with van der Waals surface area (Å²) in [7, 11) is 0. The fraction of sp³-hybridized carbons (Fsp3) is 0.600. The first kappa shape index (κ1) is 14.6. The highest BCUT2D eigenvalue weighted by atomic mass is 16.6. The lowest BCUT2D eigenvalue weighted by Crippen LogP contribution is -2.40. The van der Waals surface area contributed by atoms with Crippen LogP contribution >= 0.6 is 0 Å². The van der Waals surface area contributed by atoms with Gasteiger partial charge in [0, 0.05) is 18.8 Å². The van der Waals surface area contributed by atoms with Crippen LogP contribution in [0.4, 0.5) is 10.6 Å². The first-order valence-corrected chi connectivity index (χ1v) is 7.01. The number of ether oxygens (including phenoxy) is 1. The van der Waals surface area contributed by atoms with Crippen LogP contribution in [0.25, 0.3) is 0 Å². The van der Waals surface area contributed by atoms with E-state index in [0.29, 0.717) is 0 Å². The normalized spacial score (nSPS) is 19.0. The zero-order chi connectivity index (χ0) is 14.8. The second kappa shape index (κ2) is 5.69. The van der Waals surface area contributed by atoms with Gasteiger partial charge in [0.15, 0.2) is 0 Å². The van der Waals surface area contributed by atoms with Crippen LogP contribution in [0, 0.1) is 6.92 Å². The van der Waals surface area contributed by atoms with E-state index in [1.165, 1.54) is 0 Å². The highest BCUT2D eigenvalue weighted by Crippen LogP contribution is 2.18. The Morgan fingerprint density at radius 3 is 2.85 bits per heavy atom. The van der Waals surface area contributed by atoms with Crippen molar-refractivity contribution in [2.45, 2.75) is 45.8 Å². The number of rotatable bonds is 2. The monoisotopic (exact) mass is 277 g/mol. The van der Waals surface area contributed by atoms with Crippen molar-refractivity contribution in [3.8, 4) is 0 Å². The third-order valence-electron chi connectivity index (χ3n) is 3.11. The van der Waals surface area contributed by atoms with Gasteiger partial charge in [-0.05, 0) is 46.2 Å². The summed E-state index contributed by atoms with van der Waals surface area (Å²) in [6, 6.07) is 6.11. The van der Waals surface area contributed by atoms with Gasteiger partial charge >= 0.3 is 6.09 Å². The molecule has 5 heteroatoms. The van der Waals surface area contributed by atoms with Crippen LogP contribution in [-0.2, 0) is 4.74 Å². The Morgan fingerprint density at radius 1 is 1.45 bits per heavy atom. The first-order chi connectivity index (χ1) is 9.33. The van der Waals surface area contributed by atoms with Gasteiger partial charge in [0.05, 0.1) is 6.04 Å². The number of aromatic nitrogens is 1. The van der Waals surface area contributed by atoms with Crippen molar-refractivity contribution in [3.05, 3.63) is 23.9 Å². The van der Waals surface area contributed by atoms with E-state index in [2.05, 4.69) is 15.2 Å². The fourth-order valence-corrected chi connectivity index (χ4v) is 2.27. The third-order valence-corrected chi connectivity index (χ3v) is 3.11. The molecule has 110 valence electrons. The minimum Gasteiger partial charge on any atom is -0.444 e. The zero-order valence-electron chi connectivity index (χ0n) is 12.6. The molecule has 0 saturated carbocycles. The topological polar surface area (TPSA) is 54.5 Å². The van der Waals surface area contributed by atoms with Gasteiger partial charge < -0.3 is 15.0 Å². The molecule has 2 heterocycles. The zero-order valence-corrected chi connectivity index (χ0v) is 12.6. The minimum atomic E-state index is -0.458. The van der Waals surface area contributed by atoms with Gasteiger partial charge in [0.1, 0.15) is 11.4 Å². The van der Waals surface area contributed by atoms with Gasteiger partial charge in [-0.3, -0.25) is 0 Å². The standard InChI is InChI=1S/C15H23N3O2/c1-11-6-5-7-13(16-11)18-9-8-12(10-18)17-14(19)20-15(2,3)4/h5-7,12H,8-10H2,1-4H3,(H,17,19)/t12-/m1/s1. The highest BCUT2D eigenvalue weighted by Gasteiger charge is 2.26. The van der Waals surface area contributed by atoms with E-state index in [9.17, 15) is 4.79 Å². The number of hydrogen-bond acceptors (Lipinski definition) is 4. The lowest BCUT2D eigenvalue weighted by atomic mass is 10.2. The smallest absolute Gasteiger partial charge is 0.407 e. The number of anilines is 1. The van der Waals surface area contributed by atoms with E-state index in [0.717, 1.165) is 31.0 Å². The number of hydrogen-bond donors (Lipinski definition) is 1. The van der Waals surface area contributed by atoms with Gasteiger partial charge in [-0.1, -0.05) is 6.07 Å². The molecule has 1 fully saturated rings. The maximum atomic E-state index is 11.7. The van der Waals surface area contributed by atoms with E-state index in [1.807, 2.05) is 45.9 Å². The molecule has 2 rings (SSSR count). The summed E-state index contributed by atoms with van der Waals surface area (Å²) >= 11 is 0. The second-order valence-corrected chi connectivity index (χ2v) is 6.22. The van der Waals surface area contributed by atoms with Crippen molar-refractivity contribution < 1.29 is 9.53 Å². The van der Waals surface area contributed by atoms with Gasteiger partial charge in [0.2, 0.25) is 0 Å². The summed E-state index contributed by atoms with van der Waals surface area (Å²) in [5.41, 5.74) is 0.548. The summed E-state index contributed by atoms with van der Waals surface area (Å²) in [5.74, 6) is 0.971. The molecule has 5 nitrogen and oxygen atoms in total. The van der Waals surface area contributed by atoms with Gasteiger partial charge in [0.25, 0.3) is 0 Å². The summed E-state index contributed by atoms with van der Waals surface area (Å²) in [5, 5.41) is 2.92. The van der Waals surface area contributed by atoms with Gasteiger partial charge in [-0.2, -0.15) is 0 Å². The van der Waals surface area contributed by atoms with Crippen LogP contribution in [0.2, 0.25) is 0 Å². The summed E-state index contributed by atoms with van der Waals surface area (Å²) < 4.78 is 5.28. The summed E-state index contributed by atoms with van der Waals surface area (Å²) in [6.45, 7) is 9.25. The molecule has 1 aliphatic heterocycles. The maximum Gasteiger partial charge on any atom is 0.407 e. The van der Waals surface area contributed by atoms with E-state index < -0.39 is 5.60 Å². The Kier molecular flexibility index (Phi) is 4.16. The average molecular weight is 277 g/mol. The number of alkyl carbamates (subject to hydrolysis) is 1. The van der Waals surface area contributed by atoms with Crippen molar-refractivity contribution >= 4 is 11.9 Å². The van der Waals surface area contributed by atoms with Crippen molar-refractivity contribution in [1.82, 2.24) is 10.3 Å². The largest absolute Gasteiger partial charge is 0.444 e. The molecule has 1 aromatic rings. The fourth-order valence-electron chi connectivity index (χ4n) is 2.27. The molecule has 1 aliphatic rings. The molecule has 20 heavy (non-hydrogen) atoms. The van der Waals surface area contributed by atoms with Crippen LogP contribution in [0.3, 0.4) is 0 Å². The van der Waals surface area contributed by atoms with Crippen LogP contribution < -0.4 is 10.2 Å². The first-order valence-electron chi connectivity index (χ1n) is 7.01. The molecule has 0 radical (unpaired) electrons. The number of carbonyl (C=O) groups excluding carboxylic acids is 1. The van der Waals surface area contributed by atoms with Crippen molar-refractivity contribution in [1.29, 1.82) is 0 Å². The molecule has 0 unspecified atom stereocenters. The van der Waals surface area contributed by atoms with Crippen molar-refractivity contribution in [2.24, 2.45) is 0 Å². The molecule has 0 aliphatic carbocycles. The average Bonchev–Trinajstić information content (AvgIpc) is 2.74. The highest BCUT2D eigenvalue weighted by molar-refractivity contribution is 5.68.